The van der Waals surface area contributed by atoms with Crippen molar-refractivity contribution >= 4 is 28.7 Å². The fourth-order valence-electron chi connectivity index (χ4n) is 2.20. The third-order valence-corrected chi connectivity index (χ3v) is 4.07. The Kier molecular flexibility index (Phi) is 3.64. The number of aliphatic hydroxyl groups is 1. The lowest BCUT2D eigenvalue weighted by atomic mass is 9.94. The standard InChI is InChI=1S/C13H15N3O3S/c17-12(14-8-13(18)3-5-19-6-4-13)9-1-2-10-11(7-9)16-20-15-10/h1-2,7,18H,3-6,8H2,(H,14,17). The minimum atomic E-state index is -0.861. The molecule has 0 aliphatic carbocycles. The number of ether oxygens (including phenoxy) is 1. The van der Waals surface area contributed by atoms with Crippen LogP contribution in [0.15, 0.2) is 18.2 Å². The van der Waals surface area contributed by atoms with E-state index >= 15 is 0 Å². The highest BCUT2D eigenvalue weighted by Gasteiger charge is 2.30. The van der Waals surface area contributed by atoms with Crippen molar-refractivity contribution in [1.29, 1.82) is 0 Å². The van der Waals surface area contributed by atoms with Gasteiger partial charge in [0, 0.05) is 38.2 Å². The summed E-state index contributed by atoms with van der Waals surface area (Å²) in [6, 6.07) is 5.20. The first-order chi connectivity index (χ1) is 9.66. The van der Waals surface area contributed by atoms with Crippen LogP contribution in [0.3, 0.4) is 0 Å². The van der Waals surface area contributed by atoms with Crippen molar-refractivity contribution in [1.82, 2.24) is 14.1 Å². The molecule has 0 unspecified atom stereocenters. The molecule has 20 heavy (non-hydrogen) atoms. The molecule has 0 atom stereocenters. The van der Waals surface area contributed by atoms with Crippen LogP contribution in [0.4, 0.5) is 0 Å². The largest absolute Gasteiger partial charge is 0.388 e. The maximum absolute atomic E-state index is 12.1. The summed E-state index contributed by atoms with van der Waals surface area (Å²) in [7, 11) is 0. The Balaban J connectivity index is 1.66. The van der Waals surface area contributed by atoms with E-state index in [2.05, 4.69) is 14.1 Å². The molecule has 2 aromatic rings. The van der Waals surface area contributed by atoms with Crippen LogP contribution in [0, 0.1) is 0 Å². The topological polar surface area (TPSA) is 84.3 Å². The van der Waals surface area contributed by atoms with Crippen molar-refractivity contribution in [3.05, 3.63) is 23.8 Å². The molecular weight excluding hydrogens is 278 g/mol. The number of nitrogens with one attached hydrogen (secondary N) is 1. The van der Waals surface area contributed by atoms with Crippen LogP contribution < -0.4 is 5.32 Å². The Bertz CT molecular complexity index is 622. The molecule has 0 bridgehead atoms. The average Bonchev–Trinajstić information content (AvgIpc) is 2.93. The Morgan fingerprint density at radius 3 is 2.90 bits per heavy atom. The van der Waals surface area contributed by atoms with E-state index in [0.717, 1.165) is 17.2 Å². The Morgan fingerprint density at radius 2 is 2.10 bits per heavy atom. The lowest BCUT2D eigenvalue weighted by Gasteiger charge is -2.32. The molecule has 0 radical (unpaired) electrons. The fraction of sp³-hybridized carbons (Fsp3) is 0.462. The normalized spacial score (nSPS) is 18.1. The van der Waals surface area contributed by atoms with E-state index in [9.17, 15) is 9.90 Å². The smallest absolute Gasteiger partial charge is 0.251 e. The van der Waals surface area contributed by atoms with Crippen molar-refractivity contribution in [2.75, 3.05) is 19.8 Å². The molecule has 1 aromatic carbocycles. The minimum Gasteiger partial charge on any atom is -0.388 e. The summed E-state index contributed by atoms with van der Waals surface area (Å²) in [5.41, 5.74) is 1.17. The summed E-state index contributed by atoms with van der Waals surface area (Å²) in [6.45, 7) is 1.30. The predicted octanol–water partition coefficient (Wildman–Crippen LogP) is 0.963. The average molecular weight is 293 g/mol. The zero-order chi connectivity index (χ0) is 14.0. The van der Waals surface area contributed by atoms with Crippen LogP contribution in [-0.4, -0.2) is 45.1 Å². The van der Waals surface area contributed by atoms with E-state index in [-0.39, 0.29) is 12.5 Å². The maximum atomic E-state index is 12.1. The van der Waals surface area contributed by atoms with Crippen molar-refractivity contribution in [2.24, 2.45) is 0 Å². The molecule has 1 saturated heterocycles. The number of carbonyl (C=O) groups is 1. The fourth-order valence-corrected chi connectivity index (χ4v) is 2.72. The van der Waals surface area contributed by atoms with Gasteiger partial charge in [-0.25, -0.2) is 0 Å². The molecule has 0 saturated carbocycles. The highest BCUT2D eigenvalue weighted by Crippen LogP contribution is 2.19. The van der Waals surface area contributed by atoms with Crippen molar-refractivity contribution < 1.29 is 14.6 Å². The van der Waals surface area contributed by atoms with Crippen LogP contribution in [0.25, 0.3) is 11.0 Å². The minimum absolute atomic E-state index is 0.209. The molecule has 1 aliphatic rings. The van der Waals surface area contributed by atoms with Gasteiger partial charge in [0.1, 0.15) is 11.0 Å². The van der Waals surface area contributed by atoms with E-state index < -0.39 is 5.60 Å². The lowest BCUT2D eigenvalue weighted by molar-refractivity contribution is -0.0605. The van der Waals surface area contributed by atoms with Crippen molar-refractivity contribution in [3.8, 4) is 0 Å². The summed E-state index contributed by atoms with van der Waals surface area (Å²) >= 11 is 1.12. The maximum Gasteiger partial charge on any atom is 0.251 e. The predicted molar refractivity (Wildman–Crippen MR) is 74.8 cm³/mol. The Morgan fingerprint density at radius 1 is 1.35 bits per heavy atom. The second kappa shape index (κ2) is 5.43. The second-order valence-corrected chi connectivity index (χ2v) is 5.52. The third-order valence-electron chi connectivity index (χ3n) is 3.52. The van der Waals surface area contributed by atoms with Gasteiger partial charge in [0.05, 0.1) is 17.3 Å². The molecule has 106 valence electrons. The van der Waals surface area contributed by atoms with Crippen LogP contribution in [-0.2, 0) is 4.74 Å². The molecule has 0 spiro atoms. The van der Waals surface area contributed by atoms with Gasteiger partial charge >= 0.3 is 0 Å². The first-order valence-corrected chi connectivity index (χ1v) is 7.20. The highest BCUT2D eigenvalue weighted by atomic mass is 32.1. The summed E-state index contributed by atoms with van der Waals surface area (Å²) in [4.78, 5) is 12.1. The third kappa shape index (κ3) is 2.79. The van der Waals surface area contributed by atoms with E-state index in [0.29, 0.717) is 37.1 Å². The van der Waals surface area contributed by atoms with Gasteiger partial charge in [-0.05, 0) is 18.2 Å². The quantitative estimate of drug-likeness (QED) is 0.880. The van der Waals surface area contributed by atoms with Crippen LogP contribution in [0.1, 0.15) is 23.2 Å². The Hall–Kier alpha value is -1.57. The summed E-state index contributed by atoms with van der Waals surface area (Å²) in [6.07, 6.45) is 1.09. The molecule has 2 heterocycles. The van der Waals surface area contributed by atoms with Gasteiger partial charge in [-0.3, -0.25) is 4.79 Å². The number of hydrogen-bond acceptors (Lipinski definition) is 6. The number of fused-ring (bicyclic) bond motifs is 1. The first kappa shape index (κ1) is 13.4. The zero-order valence-electron chi connectivity index (χ0n) is 10.8. The van der Waals surface area contributed by atoms with E-state index in [1.54, 1.807) is 18.2 Å². The van der Waals surface area contributed by atoms with Gasteiger partial charge in [-0.2, -0.15) is 8.75 Å². The molecule has 1 aromatic heterocycles. The number of rotatable bonds is 3. The van der Waals surface area contributed by atoms with Crippen LogP contribution in [0.2, 0.25) is 0 Å². The molecule has 1 fully saturated rings. The number of carbonyl (C=O) groups excluding carboxylic acids is 1. The van der Waals surface area contributed by atoms with Gasteiger partial charge in [0.15, 0.2) is 0 Å². The number of hydrogen-bond donors (Lipinski definition) is 2. The number of aromatic nitrogens is 2. The van der Waals surface area contributed by atoms with Crippen LogP contribution >= 0.6 is 11.7 Å². The van der Waals surface area contributed by atoms with Gasteiger partial charge in [0.25, 0.3) is 5.91 Å². The monoisotopic (exact) mass is 293 g/mol. The molecular formula is C13H15N3O3S. The van der Waals surface area contributed by atoms with Crippen molar-refractivity contribution in [3.63, 3.8) is 0 Å². The molecule has 1 aliphatic heterocycles. The van der Waals surface area contributed by atoms with E-state index in [1.165, 1.54) is 0 Å². The molecule has 6 nitrogen and oxygen atoms in total. The summed E-state index contributed by atoms with van der Waals surface area (Å²) in [5.74, 6) is -0.209. The lowest BCUT2D eigenvalue weighted by Crippen LogP contribution is -2.46. The van der Waals surface area contributed by atoms with E-state index in [1.807, 2.05) is 0 Å². The molecule has 7 heteroatoms. The number of amides is 1. The molecule has 3 rings (SSSR count). The SMILES string of the molecule is O=C(NCC1(O)CCOCC1)c1ccc2nsnc2c1. The zero-order valence-corrected chi connectivity index (χ0v) is 11.7. The van der Waals surface area contributed by atoms with Gasteiger partial charge < -0.3 is 15.2 Å². The second-order valence-electron chi connectivity index (χ2n) is 4.99. The Labute approximate surface area is 120 Å². The summed E-state index contributed by atoms with van der Waals surface area (Å²) in [5, 5.41) is 13.1. The van der Waals surface area contributed by atoms with Gasteiger partial charge in [-0.1, -0.05) is 0 Å². The van der Waals surface area contributed by atoms with Crippen LogP contribution in [0.5, 0.6) is 0 Å². The van der Waals surface area contributed by atoms with Gasteiger partial charge in [-0.15, -0.1) is 0 Å². The van der Waals surface area contributed by atoms with Gasteiger partial charge in [0.2, 0.25) is 0 Å². The van der Waals surface area contributed by atoms with E-state index in [4.69, 9.17) is 4.74 Å². The molecule has 1 amide bonds. The first-order valence-electron chi connectivity index (χ1n) is 6.47. The molecule has 2 N–H and O–H groups in total. The number of nitrogens with zero attached hydrogens (tertiary/aromatic N) is 2. The summed E-state index contributed by atoms with van der Waals surface area (Å²) < 4.78 is 13.4. The number of benzene rings is 1. The van der Waals surface area contributed by atoms with Crippen molar-refractivity contribution in [2.45, 2.75) is 18.4 Å². The highest BCUT2D eigenvalue weighted by molar-refractivity contribution is 7.00.